The summed E-state index contributed by atoms with van der Waals surface area (Å²) in [5.74, 6) is 2.52. The minimum atomic E-state index is -0.228. The quantitative estimate of drug-likeness (QED) is 0.486. The van der Waals surface area contributed by atoms with Crippen LogP contribution in [0.5, 0.6) is 0 Å². The van der Waals surface area contributed by atoms with E-state index in [1.54, 1.807) is 17.9 Å². The molecular weight excluding hydrogens is 174 g/mol. The molecule has 0 aliphatic carbocycles. The fraction of sp³-hybridized carbons (Fsp3) is 0.583. The minimum Gasteiger partial charge on any atom is -0.323 e. The van der Waals surface area contributed by atoms with Crippen molar-refractivity contribution in [3.8, 4) is 12.3 Å². The van der Waals surface area contributed by atoms with Crippen molar-refractivity contribution in [2.45, 2.75) is 40.2 Å². The molecule has 0 aromatic rings. The molecule has 2 heteroatoms. The average Bonchev–Trinajstić information content (AvgIpc) is 2.09. The summed E-state index contributed by atoms with van der Waals surface area (Å²) >= 11 is 0. The molecular formula is C12H19NO. The van der Waals surface area contributed by atoms with E-state index in [0.717, 1.165) is 5.57 Å². The maximum Gasteiger partial charge on any atom is 0.250 e. The van der Waals surface area contributed by atoms with Crippen LogP contribution in [0, 0.1) is 12.3 Å². The topological polar surface area (TPSA) is 20.3 Å². The Bertz CT molecular complexity index is 276. The van der Waals surface area contributed by atoms with Crippen molar-refractivity contribution in [2.24, 2.45) is 0 Å². The van der Waals surface area contributed by atoms with Gasteiger partial charge in [-0.3, -0.25) is 4.79 Å². The molecule has 0 spiro atoms. The summed E-state index contributed by atoms with van der Waals surface area (Å²) in [7, 11) is 0. The molecule has 14 heavy (non-hydrogen) atoms. The molecule has 0 bridgehead atoms. The van der Waals surface area contributed by atoms with Gasteiger partial charge in [0.05, 0.1) is 6.54 Å². The third kappa shape index (κ3) is 3.26. The number of carbonyl (C=O) groups is 1. The van der Waals surface area contributed by atoms with Crippen LogP contribution in [0.1, 0.15) is 34.6 Å². The predicted molar refractivity (Wildman–Crippen MR) is 59.7 cm³/mol. The first-order valence-electron chi connectivity index (χ1n) is 4.73. The first-order valence-corrected chi connectivity index (χ1v) is 4.73. The Morgan fingerprint density at radius 3 is 2.29 bits per heavy atom. The fourth-order valence-corrected chi connectivity index (χ4v) is 1.04. The van der Waals surface area contributed by atoms with E-state index in [0.29, 0.717) is 6.54 Å². The van der Waals surface area contributed by atoms with Crippen LogP contribution in [0.4, 0.5) is 0 Å². The highest BCUT2D eigenvalue weighted by Crippen LogP contribution is 2.15. The van der Waals surface area contributed by atoms with Crippen molar-refractivity contribution in [1.29, 1.82) is 0 Å². The Labute approximate surface area is 87.0 Å². The largest absolute Gasteiger partial charge is 0.323 e. The number of hydrogen-bond donors (Lipinski definition) is 0. The summed E-state index contributed by atoms with van der Waals surface area (Å²) in [4.78, 5) is 13.6. The minimum absolute atomic E-state index is 0.0120. The molecule has 0 radical (unpaired) electrons. The number of nitrogens with zero attached hydrogens (tertiary/aromatic N) is 1. The molecule has 0 aliphatic rings. The Morgan fingerprint density at radius 1 is 1.50 bits per heavy atom. The van der Waals surface area contributed by atoms with Crippen molar-refractivity contribution < 1.29 is 4.79 Å². The number of amides is 1. The lowest BCUT2D eigenvalue weighted by atomic mass is 10.0. The third-order valence-electron chi connectivity index (χ3n) is 2.07. The van der Waals surface area contributed by atoms with Gasteiger partial charge in [0, 0.05) is 11.1 Å². The zero-order chi connectivity index (χ0) is 11.4. The van der Waals surface area contributed by atoms with Gasteiger partial charge >= 0.3 is 0 Å². The normalized spacial score (nSPS) is 12.1. The van der Waals surface area contributed by atoms with Crippen LogP contribution in [0.25, 0.3) is 0 Å². The van der Waals surface area contributed by atoms with Gasteiger partial charge in [-0.2, -0.15) is 0 Å². The van der Waals surface area contributed by atoms with Gasteiger partial charge in [-0.15, -0.1) is 6.42 Å². The Morgan fingerprint density at radius 2 is 2.00 bits per heavy atom. The van der Waals surface area contributed by atoms with Crippen LogP contribution in [0.3, 0.4) is 0 Å². The Hall–Kier alpha value is -1.23. The van der Waals surface area contributed by atoms with Crippen molar-refractivity contribution in [1.82, 2.24) is 4.90 Å². The second-order valence-corrected chi connectivity index (χ2v) is 4.24. The summed E-state index contributed by atoms with van der Waals surface area (Å²) in [6, 6.07) is 0. The molecule has 0 rings (SSSR count). The third-order valence-corrected chi connectivity index (χ3v) is 2.07. The van der Waals surface area contributed by atoms with Gasteiger partial charge in [-0.25, -0.2) is 0 Å². The number of carbonyl (C=O) groups excluding carboxylic acids is 1. The summed E-state index contributed by atoms with van der Waals surface area (Å²) in [5.41, 5.74) is 0.503. The molecule has 0 unspecified atom stereocenters. The highest BCUT2D eigenvalue weighted by atomic mass is 16.2. The van der Waals surface area contributed by atoms with Crippen LogP contribution in [0.2, 0.25) is 0 Å². The number of hydrogen-bond acceptors (Lipinski definition) is 1. The van der Waals surface area contributed by atoms with E-state index in [4.69, 9.17) is 6.42 Å². The maximum atomic E-state index is 11.9. The van der Waals surface area contributed by atoms with E-state index >= 15 is 0 Å². The van der Waals surface area contributed by atoms with Crippen LogP contribution < -0.4 is 0 Å². The molecule has 0 saturated carbocycles. The van der Waals surface area contributed by atoms with Crippen molar-refractivity contribution in [3.63, 3.8) is 0 Å². The molecule has 2 nitrogen and oxygen atoms in total. The molecule has 0 fully saturated rings. The van der Waals surface area contributed by atoms with E-state index in [9.17, 15) is 4.79 Å². The monoisotopic (exact) mass is 193 g/mol. The highest BCUT2D eigenvalue weighted by molar-refractivity contribution is 5.93. The molecule has 0 atom stereocenters. The van der Waals surface area contributed by atoms with Crippen LogP contribution in [0.15, 0.2) is 11.6 Å². The van der Waals surface area contributed by atoms with Gasteiger partial charge in [-0.1, -0.05) is 12.0 Å². The van der Waals surface area contributed by atoms with Crippen LogP contribution in [-0.4, -0.2) is 22.9 Å². The first-order chi connectivity index (χ1) is 6.34. The lowest BCUT2D eigenvalue weighted by molar-refractivity contribution is -0.130. The number of rotatable bonds is 2. The molecule has 0 N–H and O–H groups in total. The molecule has 0 aromatic heterocycles. The Kier molecular flexibility index (Phi) is 4.43. The van der Waals surface area contributed by atoms with Gasteiger partial charge < -0.3 is 4.90 Å². The first kappa shape index (κ1) is 12.8. The van der Waals surface area contributed by atoms with Crippen LogP contribution >= 0.6 is 0 Å². The van der Waals surface area contributed by atoms with Gasteiger partial charge in [0.25, 0.3) is 0 Å². The highest BCUT2D eigenvalue weighted by Gasteiger charge is 2.25. The van der Waals surface area contributed by atoms with Gasteiger partial charge in [0.15, 0.2) is 0 Å². The standard InChI is InChI=1S/C12H19NO/c1-7-9-13(12(4,5)6)11(14)10(3)8-2/h1,8H,9H2,2-6H3/b10-8+. The van der Waals surface area contributed by atoms with Gasteiger partial charge in [0.1, 0.15) is 0 Å². The molecule has 0 heterocycles. The SMILES string of the molecule is C#CCN(C(=O)/C(C)=C/C)C(C)(C)C. The summed E-state index contributed by atoms with van der Waals surface area (Å²) in [5, 5.41) is 0. The van der Waals surface area contributed by atoms with E-state index < -0.39 is 0 Å². The number of allylic oxidation sites excluding steroid dienone is 1. The van der Waals surface area contributed by atoms with E-state index in [2.05, 4.69) is 5.92 Å². The molecule has 0 saturated heterocycles. The van der Waals surface area contributed by atoms with Gasteiger partial charge in [0.2, 0.25) is 5.91 Å². The Balaban J connectivity index is 4.87. The van der Waals surface area contributed by atoms with Crippen molar-refractivity contribution >= 4 is 5.91 Å². The maximum absolute atomic E-state index is 11.9. The van der Waals surface area contributed by atoms with E-state index in [1.165, 1.54) is 0 Å². The fourth-order valence-electron chi connectivity index (χ4n) is 1.04. The predicted octanol–water partition coefficient (Wildman–Crippen LogP) is 2.21. The van der Waals surface area contributed by atoms with Crippen LogP contribution in [-0.2, 0) is 4.79 Å². The summed E-state index contributed by atoms with van der Waals surface area (Å²) < 4.78 is 0. The second kappa shape index (κ2) is 4.85. The lowest BCUT2D eigenvalue weighted by Crippen LogP contribution is -2.46. The summed E-state index contributed by atoms with van der Waals surface area (Å²) in [6.07, 6.45) is 7.05. The smallest absolute Gasteiger partial charge is 0.250 e. The lowest BCUT2D eigenvalue weighted by Gasteiger charge is -2.34. The van der Waals surface area contributed by atoms with E-state index in [-0.39, 0.29) is 11.4 Å². The van der Waals surface area contributed by atoms with Crippen molar-refractivity contribution in [3.05, 3.63) is 11.6 Å². The van der Waals surface area contributed by atoms with Crippen molar-refractivity contribution in [2.75, 3.05) is 6.54 Å². The molecule has 1 amide bonds. The summed E-state index contributed by atoms with van der Waals surface area (Å²) in [6.45, 7) is 9.94. The molecule has 0 aromatic carbocycles. The van der Waals surface area contributed by atoms with E-state index in [1.807, 2.05) is 27.7 Å². The molecule has 78 valence electrons. The number of terminal acetylenes is 1. The second-order valence-electron chi connectivity index (χ2n) is 4.24. The average molecular weight is 193 g/mol. The zero-order valence-corrected chi connectivity index (χ0v) is 9.72. The van der Waals surface area contributed by atoms with Gasteiger partial charge in [-0.05, 0) is 34.6 Å². The zero-order valence-electron chi connectivity index (χ0n) is 9.72. The molecule has 0 aliphatic heterocycles.